The van der Waals surface area contributed by atoms with Crippen LogP contribution in [0.25, 0.3) is 0 Å². The van der Waals surface area contributed by atoms with Crippen molar-refractivity contribution < 1.29 is 14.3 Å². The number of nitrogens with two attached hydrogens (primary N) is 1. The number of ether oxygens (including phenoxy) is 2. The summed E-state index contributed by atoms with van der Waals surface area (Å²) in [4.78, 5) is 25.9. The number of nitrogens with one attached hydrogen (secondary N) is 4. The Morgan fingerprint density at radius 1 is 0.816 bits per heavy atom. The van der Waals surface area contributed by atoms with Gasteiger partial charge < -0.3 is 36.5 Å². The third kappa shape index (κ3) is 10.7. The smallest absolute Gasteiger partial charge is 0.251 e. The highest BCUT2D eigenvalue weighted by atomic mass is 16.5. The molecule has 0 aliphatic rings. The monoisotopic (exact) mass is 522 g/mol. The van der Waals surface area contributed by atoms with E-state index in [-0.39, 0.29) is 5.91 Å². The molecule has 204 valence electrons. The second kappa shape index (κ2) is 16.8. The van der Waals surface area contributed by atoms with Crippen LogP contribution in [0.3, 0.4) is 0 Å². The fourth-order valence-corrected chi connectivity index (χ4v) is 3.32. The summed E-state index contributed by atoms with van der Waals surface area (Å²) in [7, 11) is 0. The second-order valence-electron chi connectivity index (χ2n) is 8.40. The zero-order valence-corrected chi connectivity index (χ0v) is 21.9. The van der Waals surface area contributed by atoms with E-state index in [1.54, 1.807) is 12.1 Å². The third-order valence-electron chi connectivity index (χ3n) is 5.31. The van der Waals surface area contributed by atoms with Gasteiger partial charge in [-0.05, 0) is 36.2 Å². The zero-order valence-electron chi connectivity index (χ0n) is 21.9. The van der Waals surface area contributed by atoms with Crippen molar-refractivity contribution >= 4 is 29.4 Å². The lowest BCUT2D eigenvalue weighted by atomic mass is 10.2. The quantitative estimate of drug-likeness (QED) is 0.158. The van der Waals surface area contributed by atoms with Gasteiger partial charge in [0.25, 0.3) is 5.91 Å². The molecule has 6 N–H and O–H groups in total. The molecular formula is C27H38N8O3. The van der Waals surface area contributed by atoms with Crippen LogP contribution in [0, 0.1) is 0 Å². The summed E-state index contributed by atoms with van der Waals surface area (Å²) >= 11 is 0. The van der Waals surface area contributed by atoms with E-state index in [9.17, 15) is 4.79 Å². The molecule has 0 aliphatic carbocycles. The fraction of sp³-hybridized carbons (Fsp3) is 0.407. The van der Waals surface area contributed by atoms with Crippen LogP contribution in [0.2, 0.25) is 0 Å². The maximum absolute atomic E-state index is 12.4. The summed E-state index contributed by atoms with van der Waals surface area (Å²) in [5.74, 6) is 1.19. The van der Waals surface area contributed by atoms with Crippen LogP contribution < -0.4 is 27.0 Å². The van der Waals surface area contributed by atoms with E-state index in [2.05, 4.69) is 43.1 Å². The topological polar surface area (TPSA) is 148 Å². The van der Waals surface area contributed by atoms with Gasteiger partial charge in [-0.15, -0.1) is 0 Å². The van der Waals surface area contributed by atoms with Crippen molar-refractivity contribution in [1.82, 2.24) is 20.3 Å². The van der Waals surface area contributed by atoms with Crippen LogP contribution >= 0.6 is 0 Å². The molecule has 1 amide bonds. The van der Waals surface area contributed by atoms with E-state index in [0.29, 0.717) is 69.5 Å². The fourth-order valence-electron chi connectivity index (χ4n) is 3.32. The van der Waals surface area contributed by atoms with E-state index < -0.39 is 0 Å². The second-order valence-corrected chi connectivity index (χ2v) is 8.40. The Morgan fingerprint density at radius 2 is 1.50 bits per heavy atom. The number of aromatic nitrogens is 3. The number of hydrogen-bond donors (Lipinski definition) is 5. The van der Waals surface area contributed by atoms with Crippen molar-refractivity contribution in [3.05, 3.63) is 65.7 Å². The molecule has 11 heteroatoms. The standard InChI is InChI=1S/C27H38N8O3/c1-2-3-14-30-25-33-26(31-20-21-7-5-4-6-8-21)35-27(34-25)32-23-11-9-22(10-12-23)24(36)29-15-17-38-19-18-37-16-13-28/h4-12H,2-3,13-20,28H2,1H3,(H,29,36)(H3,30,31,32,33,34,35). The number of amides is 1. The predicted octanol–water partition coefficient (Wildman–Crippen LogP) is 3.16. The van der Waals surface area contributed by atoms with Gasteiger partial charge >= 0.3 is 0 Å². The van der Waals surface area contributed by atoms with Gasteiger partial charge in [0.15, 0.2) is 0 Å². The maximum atomic E-state index is 12.4. The molecule has 0 atom stereocenters. The molecule has 0 unspecified atom stereocenters. The summed E-state index contributed by atoms with van der Waals surface area (Å²) in [6.07, 6.45) is 2.08. The minimum atomic E-state index is -0.172. The number of unbranched alkanes of at least 4 members (excludes halogenated alkanes) is 1. The molecule has 0 bridgehead atoms. The Balaban J connectivity index is 1.54. The van der Waals surface area contributed by atoms with Crippen LogP contribution in [0.5, 0.6) is 0 Å². The van der Waals surface area contributed by atoms with Gasteiger partial charge in [-0.25, -0.2) is 0 Å². The minimum absolute atomic E-state index is 0.172. The first kappa shape index (κ1) is 28.8. The number of anilines is 4. The van der Waals surface area contributed by atoms with E-state index in [1.165, 1.54) is 0 Å². The normalized spacial score (nSPS) is 10.7. The van der Waals surface area contributed by atoms with Crippen molar-refractivity contribution in [2.45, 2.75) is 26.3 Å². The molecule has 0 spiro atoms. The molecular weight excluding hydrogens is 484 g/mol. The maximum Gasteiger partial charge on any atom is 0.251 e. The van der Waals surface area contributed by atoms with E-state index in [1.807, 2.05) is 42.5 Å². The highest BCUT2D eigenvalue weighted by molar-refractivity contribution is 5.94. The molecule has 0 saturated carbocycles. The SMILES string of the molecule is CCCCNc1nc(NCc2ccccc2)nc(Nc2ccc(C(=O)NCCOCCOCCN)cc2)n1. The number of rotatable bonds is 18. The lowest BCUT2D eigenvalue weighted by Gasteiger charge is -2.12. The molecule has 0 radical (unpaired) electrons. The predicted molar refractivity (Wildman–Crippen MR) is 150 cm³/mol. The zero-order chi connectivity index (χ0) is 26.8. The Bertz CT molecular complexity index is 1080. The number of nitrogens with zero attached hydrogens (tertiary/aromatic N) is 3. The molecule has 38 heavy (non-hydrogen) atoms. The molecule has 0 saturated heterocycles. The third-order valence-corrected chi connectivity index (χ3v) is 5.31. The number of carbonyl (C=O) groups is 1. The molecule has 3 rings (SSSR count). The minimum Gasteiger partial charge on any atom is -0.378 e. The van der Waals surface area contributed by atoms with Crippen LogP contribution in [0.4, 0.5) is 23.5 Å². The van der Waals surface area contributed by atoms with Crippen molar-refractivity contribution in [2.75, 3.05) is 62.0 Å². The highest BCUT2D eigenvalue weighted by Crippen LogP contribution is 2.17. The van der Waals surface area contributed by atoms with Gasteiger partial charge in [-0.1, -0.05) is 43.7 Å². The van der Waals surface area contributed by atoms with Crippen LogP contribution in [0.15, 0.2) is 54.6 Å². The average molecular weight is 523 g/mol. The van der Waals surface area contributed by atoms with Gasteiger partial charge in [0.2, 0.25) is 17.8 Å². The Kier molecular flexibility index (Phi) is 12.8. The molecule has 0 aliphatic heterocycles. The van der Waals surface area contributed by atoms with Gasteiger partial charge in [0.05, 0.1) is 26.4 Å². The number of benzene rings is 2. The molecule has 11 nitrogen and oxygen atoms in total. The summed E-state index contributed by atoms with van der Waals surface area (Å²) in [6.45, 7) is 6.28. The van der Waals surface area contributed by atoms with Gasteiger partial charge in [-0.2, -0.15) is 15.0 Å². The Labute approximate surface area is 224 Å². The first-order valence-corrected chi connectivity index (χ1v) is 13.0. The van der Waals surface area contributed by atoms with Gasteiger partial charge in [0, 0.05) is 37.4 Å². The van der Waals surface area contributed by atoms with Crippen molar-refractivity contribution in [3.63, 3.8) is 0 Å². The van der Waals surface area contributed by atoms with Crippen LogP contribution in [0.1, 0.15) is 35.7 Å². The van der Waals surface area contributed by atoms with E-state index >= 15 is 0 Å². The molecule has 1 aromatic heterocycles. The van der Waals surface area contributed by atoms with Crippen molar-refractivity contribution in [3.8, 4) is 0 Å². The first-order valence-electron chi connectivity index (χ1n) is 13.0. The van der Waals surface area contributed by atoms with Crippen molar-refractivity contribution in [2.24, 2.45) is 5.73 Å². The first-order chi connectivity index (χ1) is 18.7. The van der Waals surface area contributed by atoms with Gasteiger partial charge in [-0.3, -0.25) is 4.79 Å². The number of carbonyl (C=O) groups excluding carboxylic acids is 1. The average Bonchev–Trinajstić information content (AvgIpc) is 2.94. The highest BCUT2D eigenvalue weighted by Gasteiger charge is 2.09. The number of hydrogen-bond acceptors (Lipinski definition) is 10. The Hall–Kier alpha value is -3.80. The van der Waals surface area contributed by atoms with Crippen molar-refractivity contribution in [1.29, 1.82) is 0 Å². The van der Waals surface area contributed by atoms with E-state index in [4.69, 9.17) is 15.2 Å². The summed E-state index contributed by atoms with van der Waals surface area (Å²) in [5, 5.41) is 12.6. The van der Waals surface area contributed by atoms with Crippen LogP contribution in [-0.2, 0) is 16.0 Å². The van der Waals surface area contributed by atoms with Gasteiger partial charge in [0.1, 0.15) is 0 Å². The van der Waals surface area contributed by atoms with Crippen LogP contribution in [-0.4, -0.2) is 66.9 Å². The largest absolute Gasteiger partial charge is 0.378 e. The lowest BCUT2D eigenvalue weighted by Crippen LogP contribution is -2.27. The summed E-state index contributed by atoms with van der Waals surface area (Å²) in [6, 6.07) is 17.2. The van der Waals surface area contributed by atoms with E-state index in [0.717, 1.165) is 30.6 Å². The molecule has 2 aromatic carbocycles. The summed E-state index contributed by atoms with van der Waals surface area (Å²) in [5.41, 5.74) is 7.78. The molecule has 3 aromatic rings. The summed E-state index contributed by atoms with van der Waals surface area (Å²) < 4.78 is 10.7. The molecule has 1 heterocycles. The lowest BCUT2D eigenvalue weighted by molar-refractivity contribution is 0.0511. The Morgan fingerprint density at radius 3 is 2.21 bits per heavy atom. The molecule has 0 fully saturated rings.